The van der Waals surface area contributed by atoms with Crippen LogP contribution in [0.1, 0.15) is 13.3 Å². The molecule has 3 nitrogen and oxygen atoms in total. The highest BCUT2D eigenvalue weighted by Gasteiger charge is 2.40. The van der Waals surface area contributed by atoms with Crippen molar-refractivity contribution in [2.24, 2.45) is 0 Å². The summed E-state index contributed by atoms with van der Waals surface area (Å²) in [5, 5.41) is 2.10. The number of hydrogen-bond acceptors (Lipinski definition) is 2. The lowest BCUT2D eigenvalue weighted by Crippen LogP contribution is -2.29. The molecule has 0 spiro atoms. The Kier molecular flexibility index (Phi) is 1.24. The molecule has 1 aliphatic heterocycles. The highest BCUT2D eigenvalue weighted by atomic mass is 35.5. The summed E-state index contributed by atoms with van der Waals surface area (Å²) in [4.78, 5) is 20.1. The van der Waals surface area contributed by atoms with Crippen molar-refractivity contribution in [1.29, 1.82) is 0 Å². The van der Waals surface area contributed by atoms with Gasteiger partial charge in [-0.05, 0) is 6.92 Å². The van der Waals surface area contributed by atoms with Gasteiger partial charge in [-0.2, -0.15) is 0 Å². The van der Waals surface area contributed by atoms with Crippen LogP contribution < -0.4 is 5.32 Å². The van der Waals surface area contributed by atoms with Crippen LogP contribution in [0.15, 0.2) is 0 Å². The molecule has 1 heterocycles. The zero-order valence-corrected chi connectivity index (χ0v) is 5.66. The van der Waals surface area contributed by atoms with Gasteiger partial charge >= 0.3 is 0 Å². The summed E-state index contributed by atoms with van der Waals surface area (Å²) in [5.74, 6) is -0.688. The molecule has 0 aromatic heterocycles. The molecule has 1 rings (SSSR count). The average molecular weight is 148 g/mol. The third-order valence-electron chi connectivity index (χ3n) is 1.22. The lowest BCUT2D eigenvalue weighted by molar-refractivity contribution is -0.125. The number of imide groups is 1. The van der Waals surface area contributed by atoms with Crippen LogP contribution in [0.4, 0.5) is 0 Å². The van der Waals surface area contributed by atoms with Crippen LogP contribution in [-0.4, -0.2) is 16.7 Å². The van der Waals surface area contributed by atoms with Crippen LogP contribution in [0, 0.1) is 0 Å². The normalized spacial score (nSPS) is 34.9. The van der Waals surface area contributed by atoms with E-state index in [0.717, 1.165) is 0 Å². The van der Waals surface area contributed by atoms with Crippen molar-refractivity contribution in [3.05, 3.63) is 0 Å². The van der Waals surface area contributed by atoms with E-state index >= 15 is 0 Å². The van der Waals surface area contributed by atoms with Crippen LogP contribution in [0.5, 0.6) is 0 Å². The first-order valence-corrected chi connectivity index (χ1v) is 2.93. The van der Waals surface area contributed by atoms with Gasteiger partial charge < -0.3 is 0 Å². The van der Waals surface area contributed by atoms with Crippen LogP contribution in [-0.2, 0) is 9.59 Å². The van der Waals surface area contributed by atoms with Gasteiger partial charge in [0.25, 0.3) is 0 Å². The van der Waals surface area contributed by atoms with Crippen LogP contribution in [0.2, 0.25) is 0 Å². The molecule has 0 bridgehead atoms. The quantitative estimate of drug-likeness (QED) is 0.388. The number of amides is 2. The minimum Gasteiger partial charge on any atom is -0.295 e. The zero-order chi connectivity index (χ0) is 7.07. The van der Waals surface area contributed by atoms with Gasteiger partial charge in [0.1, 0.15) is 4.87 Å². The maximum absolute atomic E-state index is 10.6. The molecule has 1 fully saturated rings. The fraction of sp³-hybridized carbons (Fsp3) is 0.600. The van der Waals surface area contributed by atoms with Crippen molar-refractivity contribution in [3.8, 4) is 0 Å². The number of hydrogen-bond donors (Lipinski definition) is 1. The van der Waals surface area contributed by atoms with E-state index in [4.69, 9.17) is 11.6 Å². The van der Waals surface area contributed by atoms with Crippen LogP contribution >= 0.6 is 11.6 Å². The highest BCUT2D eigenvalue weighted by molar-refractivity contribution is 6.39. The van der Waals surface area contributed by atoms with Gasteiger partial charge in [-0.3, -0.25) is 14.9 Å². The minimum absolute atomic E-state index is 0.0907. The Morgan fingerprint density at radius 3 is 2.33 bits per heavy atom. The molecule has 0 aliphatic carbocycles. The predicted molar refractivity (Wildman–Crippen MR) is 32.0 cm³/mol. The fourth-order valence-corrected chi connectivity index (χ4v) is 0.852. The molecule has 4 heteroatoms. The zero-order valence-electron chi connectivity index (χ0n) is 4.90. The Morgan fingerprint density at radius 1 is 1.67 bits per heavy atom. The first-order chi connectivity index (χ1) is 4.02. The molecule has 0 saturated carbocycles. The fourth-order valence-electron chi connectivity index (χ4n) is 0.683. The number of rotatable bonds is 0. The van der Waals surface area contributed by atoms with E-state index in [0.29, 0.717) is 0 Å². The monoisotopic (exact) mass is 147 g/mol. The smallest absolute Gasteiger partial charge is 0.247 e. The minimum atomic E-state index is -1.00. The summed E-state index contributed by atoms with van der Waals surface area (Å²) < 4.78 is 0. The molecule has 1 atom stereocenters. The van der Waals surface area contributed by atoms with Crippen molar-refractivity contribution in [2.45, 2.75) is 18.2 Å². The Hall–Kier alpha value is -0.570. The molecular weight excluding hydrogens is 142 g/mol. The molecule has 1 unspecified atom stereocenters. The van der Waals surface area contributed by atoms with Crippen molar-refractivity contribution >= 4 is 23.4 Å². The SMILES string of the molecule is CC1(Cl)CC(=O)NC1=O. The Morgan fingerprint density at radius 2 is 2.22 bits per heavy atom. The Balaban J connectivity index is 2.81. The highest BCUT2D eigenvalue weighted by Crippen LogP contribution is 2.23. The summed E-state index contributed by atoms with van der Waals surface area (Å²) >= 11 is 5.58. The topological polar surface area (TPSA) is 46.2 Å². The van der Waals surface area contributed by atoms with Gasteiger partial charge in [0.15, 0.2) is 0 Å². The van der Waals surface area contributed by atoms with Crippen molar-refractivity contribution in [2.75, 3.05) is 0 Å². The van der Waals surface area contributed by atoms with Crippen LogP contribution in [0.25, 0.3) is 0 Å². The van der Waals surface area contributed by atoms with E-state index in [1.54, 1.807) is 0 Å². The lowest BCUT2D eigenvalue weighted by Gasteiger charge is -2.05. The molecule has 1 saturated heterocycles. The van der Waals surface area contributed by atoms with Gasteiger partial charge in [0.05, 0.1) is 6.42 Å². The lowest BCUT2D eigenvalue weighted by atomic mass is 10.1. The molecule has 1 N–H and O–H groups in total. The number of halogens is 1. The summed E-state index contributed by atoms with van der Waals surface area (Å²) in [7, 11) is 0. The molecule has 1 aliphatic rings. The molecule has 2 amide bonds. The average Bonchev–Trinajstić information content (AvgIpc) is 1.79. The van der Waals surface area contributed by atoms with Gasteiger partial charge in [-0.15, -0.1) is 11.6 Å². The maximum atomic E-state index is 10.6. The molecule has 0 radical (unpaired) electrons. The third-order valence-corrected chi connectivity index (χ3v) is 1.52. The van der Waals surface area contributed by atoms with Crippen molar-refractivity contribution in [1.82, 2.24) is 5.32 Å². The maximum Gasteiger partial charge on any atom is 0.247 e. The van der Waals surface area contributed by atoms with E-state index in [-0.39, 0.29) is 12.3 Å². The third kappa shape index (κ3) is 1.05. The molecular formula is C5H6ClNO2. The van der Waals surface area contributed by atoms with E-state index in [1.165, 1.54) is 6.92 Å². The number of alkyl halides is 1. The summed E-state index contributed by atoms with van der Waals surface area (Å²) in [6.45, 7) is 1.52. The Bertz CT molecular complexity index is 176. The summed E-state index contributed by atoms with van der Waals surface area (Å²) in [6.07, 6.45) is 0.0907. The van der Waals surface area contributed by atoms with E-state index in [1.807, 2.05) is 0 Å². The van der Waals surface area contributed by atoms with Gasteiger partial charge in [-0.1, -0.05) is 0 Å². The van der Waals surface area contributed by atoms with Gasteiger partial charge in [0.2, 0.25) is 11.8 Å². The van der Waals surface area contributed by atoms with E-state index in [2.05, 4.69) is 5.32 Å². The first-order valence-electron chi connectivity index (χ1n) is 2.55. The largest absolute Gasteiger partial charge is 0.295 e. The second kappa shape index (κ2) is 1.70. The summed E-state index contributed by atoms with van der Waals surface area (Å²) in [5.41, 5.74) is 0. The molecule has 0 aromatic rings. The molecule has 50 valence electrons. The van der Waals surface area contributed by atoms with Crippen molar-refractivity contribution in [3.63, 3.8) is 0 Å². The van der Waals surface area contributed by atoms with Gasteiger partial charge in [-0.25, -0.2) is 0 Å². The van der Waals surface area contributed by atoms with E-state index in [9.17, 15) is 9.59 Å². The number of carbonyl (C=O) groups is 2. The predicted octanol–water partition coefficient (Wildman–Crippen LogP) is 0.0304. The number of nitrogens with one attached hydrogen (secondary N) is 1. The summed E-state index contributed by atoms with van der Waals surface area (Å²) in [6, 6.07) is 0. The standard InChI is InChI=1S/C5H6ClNO2/c1-5(6)2-3(8)7-4(5)9/h2H2,1H3,(H,7,8,9). The van der Waals surface area contributed by atoms with E-state index < -0.39 is 10.8 Å². The van der Waals surface area contributed by atoms with Gasteiger partial charge in [0, 0.05) is 0 Å². The van der Waals surface area contributed by atoms with Crippen molar-refractivity contribution < 1.29 is 9.59 Å². The number of carbonyl (C=O) groups excluding carboxylic acids is 2. The first kappa shape index (κ1) is 6.55. The second-order valence-corrected chi connectivity index (χ2v) is 3.09. The van der Waals surface area contributed by atoms with Crippen LogP contribution in [0.3, 0.4) is 0 Å². The molecule has 9 heavy (non-hydrogen) atoms. The molecule has 0 aromatic carbocycles. The second-order valence-electron chi connectivity index (χ2n) is 2.25. The Labute approximate surface area is 57.4 Å².